The maximum Gasteiger partial charge on any atom is 0.0619 e. The summed E-state index contributed by atoms with van der Waals surface area (Å²) >= 11 is 0. The molecule has 6 rings (SSSR count). The van der Waals surface area contributed by atoms with Crippen LogP contribution in [0.2, 0.25) is 0 Å². The minimum absolute atomic E-state index is 0.629. The van der Waals surface area contributed by atoms with Gasteiger partial charge in [0.25, 0.3) is 0 Å². The van der Waals surface area contributed by atoms with Gasteiger partial charge in [-0.15, -0.1) is 0 Å². The Morgan fingerprint density at radius 2 is 1.60 bits per heavy atom. The minimum atomic E-state index is 0.629. The summed E-state index contributed by atoms with van der Waals surface area (Å²) in [6.45, 7) is 2.27. The third-order valence-electron chi connectivity index (χ3n) is 6.31. The van der Waals surface area contributed by atoms with Gasteiger partial charge in [0, 0.05) is 21.8 Å². The van der Waals surface area contributed by atoms with Crippen molar-refractivity contribution in [2.75, 3.05) is 0 Å². The molecule has 0 bridgehead atoms. The van der Waals surface area contributed by atoms with E-state index in [1.807, 2.05) is 0 Å². The Balaban J connectivity index is 1.71. The SMILES string of the molecule is CC1C=CC(c2ccc3c(c2)c2ccc4ccccc4c2n3-c2ccccc2)=CC1. The van der Waals surface area contributed by atoms with E-state index in [1.165, 1.54) is 49.4 Å². The highest BCUT2D eigenvalue weighted by Crippen LogP contribution is 2.38. The standard InChI is InChI=1S/C29H23N/c1-20-11-13-21(14-12-20)23-16-18-28-27(19-23)26-17-15-22-7-5-6-10-25(22)29(26)30(28)24-8-3-2-4-9-24/h2-11,13-20H,12H2,1H3. The fourth-order valence-electron chi connectivity index (χ4n) is 4.75. The highest BCUT2D eigenvalue weighted by Gasteiger charge is 2.16. The summed E-state index contributed by atoms with van der Waals surface area (Å²) < 4.78 is 2.42. The second-order valence-electron chi connectivity index (χ2n) is 8.32. The molecule has 1 aromatic heterocycles. The molecule has 0 saturated heterocycles. The van der Waals surface area contributed by atoms with Crippen LogP contribution < -0.4 is 0 Å². The van der Waals surface area contributed by atoms with Gasteiger partial charge in [-0.3, -0.25) is 0 Å². The summed E-state index contributed by atoms with van der Waals surface area (Å²) in [5.41, 5.74) is 6.37. The van der Waals surface area contributed by atoms with Crippen LogP contribution in [0.1, 0.15) is 18.9 Å². The average Bonchev–Trinajstić information content (AvgIpc) is 3.14. The van der Waals surface area contributed by atoms with Gasteiger partial charge in [0.05, 0.1) is 11.0 Å². The van der Waals surface area contributed by atoms with Crippen molar-refractivity contribution >= 4 is 38.2 Å². The van der Waals surface area contributed by atoms with Crippen molar-refractivity contribution in [3.8, 4) is 5.69 Å². The topological polar surface area (TPSA) is 4.93 Å². The van der Waals surface area contributed by atoms with Crippen LogP contribution in [0, 0.1) is 5.92 Å². The first-order chi connectivity index (χ1) is 14.8. The number of allylic oxidation sites excluding steroid dienone is 4. The first-order valence-electron chi connectivity index (χ1n) is 10.7. The van der Waals surface area contributed by atoms with Crippen molar-refractivity contribution < 1.29 is 0 Å². The van der Waals surface area contributed by atoms with E-state index in [2.05, 4.69) is 115 Å². The molecule has 5 aromatic rings. The van der Waals surface area contributed by atoms with E-state index in [9.17, 15) is 0 Å². The zero-order valence-electron chi connectivity index (χ0n) is 17.0. The highest BCUT2D eigenvalue weighted by atomic mass is 15.0. The Labute approximate surface area is 176 Å². The number of rotatable bonds is 2. The van der Waals surface area contributed by atoms with Gasteiger partial charge in [-0.25, -0.2) is 0 Å². The summed E-state index contributed by atoms with van der Waals surface area (Å²) in [7, 11) is 0. The molecule has 1 aliphatic carbocycles. The van der Waals surface area contributed by atoms with Crippen molar-refractivity contribution in [1.82, 2.24) is 4.57 Å². The monoisotopic (exact) mass is 385 g/mol. The molecule has 0 saturated carbocycles. The third kappa shape index (κ3) is 2.63. The first-order valence-corrected chi connectivity index (χ1v) is 10.7. The molecule has 1 atom stereocenters. The van der Waals surface area contributed by atoms with Gasteiger partial charge in [0.2, 0.25) is 0 Å². The van der Waals surface area contributed by atoms with Crippen LogP contribution in [-0.2, 0) is 0 Å². The summed E-state index contributed by atoms with van der Waals surface area (Å²) in [4.78, 5) is 0. The van der Waals surface area contributed by atoms with E-state index in [0.29, 0.717) is 5.92 Å². The number of benzene rings is 4. The number of para-hydroxylation sites is 1. The first kappa shape index (κ1) is 17.3. The van der Waals surface area contributed by atoms with Crippen molar-refractivity contribution in [1.29, 1.82) is 0 Å². The van der Waals surface area contributed by atoms with Gasteiger partial charge >= 0.3 is 0 Å². The maximum absolute atomic E-state index is 2.42. The molecule has 1 heteroatoms. The molecule has 0 N–H and O–H groups in total. The molecule has 1 unspecified atom stereocenters. The van der Waals surface area contributed by atoms with Crippen LogP contribution >= 0.6 is 0 Å². The van der Waals surface area contributed by atoms with Crippen LogP contribution in [0.25, 0.3) is 43.8 Å². The lowest BCUT2D eigenvalue weighted by molar-refractivity contribution is 0.739. The number of hydrogen-bond acceptors (Lipinski definition) is 0. The molecule has 0 aliphatic heterocycles. The Kier molecular flexibility index (Phi) is 3.89. The Morgan fingerprint density at radius 3 is 2.43 bits per heavy atom. The van der Waals surface area contributed by atoms with Crippen LogP contribution in [0.15, 0.2) is 103 Å². The summed E-state index contributed by atoms with van der Waals surface area (Å²) in [5.74, 6) is 0.629. The molecule has 0 fully saturated rings. The number of aromatic nitrogens is 1. The lowest BCUT2D eigenvalue weighted by Gasteiger charge is -2.12. The van der Waals surface area contributed by atoms with Gasteiger partial charge in [-0.1, -0.05) is 85.8 Å². The Hall–Kier alpha value is -3.58. The molecule has 1 aliphatic rings. The van der Waals surface area contributed by atoms with E-state index in [1.54, 1.807) is 0 Å². The summed E-state index contributed by atoms with van der Waals surface area (Å²) in [6, 6.07) is 30.9. The van der Waals surface area contributed by atoms with Gasteiger partial charge in [0.15, 0.2) is 0 Å². The molecule has 144 valence electrons. The highest BCUT2D eigenvalue weighted by molar-refractivity contribution is 6.19. The molecule has 0 amide bonds. The van der Waals surface area contributed by atoms with Gasteiger partial charge in [0.1, 0.15) is 0 Å². The van der Waals surface area contributed by atoms with Gasteiger partial charge in [-0.2, -0.15) is 0 Å². The fourth-order valence-corrected chi connectivity index (χ4v) is 4.75. The molecule has 0 spiro atoms. The van der Waals surface area contributed by atoms with Crippen LogP contribution in [0.5, 0.6) is 0 Å². The van der Waals surface area contributed by atoms with E-state index in [4.69, 9.17) is 0 Å². The van der Waals surface area contributed by atoms with Gasteiger partial charge in [-0.05, 0) is 53.1 Å². The number of fused-ring (bicyclic) bond motifs is 5. The Bertz CT molecular complexity index is 1460. The molecule has 30 heavy (non-hydrogen) atoms. The second-order valence-corrected chi connectivity index (χ2v) is 8.32. The number of nitrogens with zero attached hydrogens (tertiary/aromatic N) is 1. The lowest BCUT2D eigenvalue weighted by Crippen LogP contribution is -1.95. The molecule has 0 radical (unpaired) electrons. The van der Waals surface area contributed by atoms with E-state index < -0.39 is 0 Å². The summed E-state index contributed by atoms with van der Waals surface area (Å²) in [5, 5.41) is 5.19. The zero-order chi connectivity index (χ0) is 20.1. The quantitative estimate of drug-likeness (QED) is 0.291. The predicted octanol–water partition coefficient (Wildman–Crippen LogP) is 7.92. The van der Waals surface area contributed by atoms with Crippen molar-refractivity contribution in [2.24, 2.45) is 5.92 Å². The largest absolute Gasteiger partial charge is 0.309 e. The molecule has 1 heterocycles. The third-order valence-corrected chi connectivity index (χ3v) is 6.31. The number of hydrogen-bond donors (Lipinski definition) is 0. The molecule has 1 nitrogen and oxygen atoms in total. The van der Waals surface area contributed by atoms with Gasteiger partial charge < -0.3 is 4.57 Å². The predicted molar refractivity (Wildman–Crippen MR) is 129 cm³/mol. The molecular formula is C29H23N. The average molecular weight is 386 g/mol. The van der Waals surface area contributed by atoms with E-state index in [0.717, 1.165) is 6.42 Å². The normalized spacial score (nSPS) is 16.4. The molecule has 4 aromatic carbocycles. The summed E-state index contributed by atoms with van der Waals surface area (Å²) in [6.07, 6.45) is 8.08. The molecular weight excluding hydrogens is 362 g/mol. The van der Waals surface area contributed by atoms with Crippen molar-refractivity contribution in [3.63, 3.8) is 0 Å². The van der Waals surface area contributed by atoms with Crippen molar-refractivity contribution in [2.45, 2.75) is 13.3 Å². The van der Waals surface area contributed by atoms with Crippen LogP contribution in [0.4, 0.5) is 0 Å². The van der Waals surface area contributed by atoms with E-state index >= 15 is 0 Å². The fraction of sp³-hybridized carbons (Fsp3) is 0.103. The lowest BCUT2D eigenvalue weighted by atomic mass is 9.93. The van der Waals surface area contributed by atoms with Crippen LogP contribution in [0.3, 0.4) is 0 Å². The zero-order valence-corrected chi connectivity index (χ0v) is 17.0. The smallest absolute Gasteiger partial charge is 0.0619 e. The maximum atomic E-state index is 2.42. The van der Waals surface area contributed by atoms with Crippen LogP contribution in [-0.4, -0.2) is 4.57 Å². The van der Waals surface area contributed by atoms with E-state index in [-0.39, 0.29) is 0 Å². The van der Waals surface area contributed by atoms with Crippen molar-refractivity contribution in [3.05, 3.63) is 109 Å². The minimum Gasteiger partial charge on any atom is -0.309 e. The Morgan fingerprint density at radius 1 is 0.767 bits per heavy atom. The second kappa shape index (κ2) is 6.74.